The Balaban J connectivity index is 1.98. The van der Waals surface area contributed by atoms with Crippen molar-refractivity contribution in [1.82, 2.24) is 15.1 Å². The number of nitrogens with one attached hydrogen (secondary N) is 2. The molecule has 3 rings (SSSR count). The Kier molecular flexibility index (Phi) is 5.18. The van der Waals surface area contributed by atoms with Crippen molar-refractivity contribution in [3.63, 3.8) is 0 Å². The molecule has 136 valence electrons. The van der Waals surface area contributed by atoms with E-state index in [1.165, 1.54) is 12.1 Å². The number of hydrogen-bond acceptors (Lipinski definition) is 4. The van der Waals surface area contributed by atoms with Gasteiger partial charge in [0, 0.05) is 30.0 Å². The van der Waals surface area contributed by atoms with Gasteiger partial charge in [-0.15, -0.1) is 0 Å². The van der Waals surface area contributed by atoms with E-state index in [-0.39, 0.29) is 11.7 Å². The van der Waals surface area contributed by atoms with Crippen LogP contribution in [-0.4, -0.2) is 48.8 Å². The molecule has 0 saturated heterocycles. The van der Waals surface area contributed by atoms with Crippen molar-refractivity contribution >= 4 is 22.5 Å². The number of carbonyl (C=O) groups excluding carboxylic acids is 1. The van der Waals surface area contributed by atoms with E-state index in [0.29, 0.717) is 35.7 Å². The molecule has 0 aliphatic heterocycles. The van der Waals surface area contributed by atoms with Gasteiger partial charge in [0.2, 0.25) is 5.91 Å². The topological polar surface area (TPSA) is 70.2 Å². The fourth-order valence-electron chi connectivity index (χ4n) is 2.70. The lowest BCUT2D eigenvalue weighted by Gasteiger charge is -2.12. The van der Waals surface area contributed by atoms with Gasteiger partial charge in [0.25, 0.3) is 0 Å². The van der Waals surface area contributed by atoms with Crippen LogP contribution >= 0.6 is 0 Å². The van der Waals surface area contributed by atoms with Gasteiger partial charge in [-0.3, -0.25) is 9.89 Å². The first kappa shape index (κ1) is 17.9. The van der Waals surface area contributed by atoms with Crippen molar-refractivity contribution in [3.05, 3.63) is 42.2 Å². The van der Waals surface area contributed by atoms with E-state index in [9.17, 15) is 9.18 Å². The number of carbonyl (C=O) groups is 1. The minimum Gasteiger partial charge on any atom is -0.494 e. The summed E-state index contributed by atoms with van der Waals surface area (Å²) in [5.41, 5.74) is 2.58. The molecular weight excluding hydrogens is 335 g/mol. The summed E-state index contributed by atoms with van der Waals surface area (Å²) in [6, 6.07) is 9.81. The minimum absolute atomic E-state index is 0.104. The van der Waals surface area contributed by atoms with E-state index < -0.39 is 0 Å². The Labute approximate surface area is 151 Å². The highest BCUT2D eigenvalue weighted by Gasteiger charge is 2.15. The van der Waals surface area contributed by atoms with Crippen LogP contribution in [0.4, 0.5) is 10.1 Å². The predicted molar refractivity (Wildman–Crippen MR) is 99.8 cm³/mol. The Morgan fingerprint density at radius 2 is 2.12 bits per heavy atom. The zero-order valence-corrected chi connectivity index (χ0v) is 15.0. The largest absolute Gasteiger partial charge is 0.494 e. The van der Waals surface area contributed by atoms with Crippen LogP contribution in [0.5, 0.6) is 5.75 Å². The van der Waals surface area contributed by atoms with Crippen LogP contribution in [0.1, 0.15) is 6.42 Å². The maximum absolute atomic E-state index is 13.6. The third-order valence-corrected chi connectivity index (χ3v) is 4.04. The third kappa shape index (κ3) is 3.83. The van der Waals surface area contributed by atoms with Crippen LogP contribution in [0.15, 0.2) is 36.4 Å². The lowest BCUT2D eigenvalue weighted by molar-refractivity contribution is -0.116. The Bertz CT molecular complexity index is 936. The standard InChI is InChI=1S/C19H21FN4O2/c1-24(2)8-7-18(25)21-16-10-14-15(11-17(16)26-3)22-23-19(14)12-5-4-6-13(20)9-12/h4-6,9-11H,7-8H2,1-3H3,(H,21,25)(H,22,23). The number of hydrogen-bond donors (Lipinski definition) is 2. The molecule has 0 radical (unpaired) electrons. The fraction of sp³-hybridized carbons (Fsp3) is 0.263. The first-order chi connectivity index (χ1) is 12.5. The molecule has 0 aliphatic rings. The number of benzene rings is 2. The summed E-state index contributed by atoms with van der Waals surface area (Å²) in [5.74, 6) is 0.0988. The van der Waals surface area contributed by atoms with Crippen molar-refractivity contribution in [1.29, 1.82) is 0 Å². The Hall–Kier alpha value is -2.93. The molecular formula is C19H21FN4O2. The van der Waals surface area contributed by atoms with Gasteiger partial charge in [0.05, 0.1) is 18.3 Å². The summed E-state index contributed by atoms with van der Waals surface area (Å²) in [5, 5.41) is 10.9. The van der Waals surface area contributed by atoms with Crippen molar-refractivity contribution in [2.24, 2.45) is 0 Å². The van der Waals surface area contributed by atoms with Gasteiger partial charge < -0.3 is 15.0 Å². The van der Waals surface area contributed by atoms with Gasteiger partial charge >= 0.3 is 0 Å². The lowest BCUT2D eigenvalue weighted by atomic mass is 10.1. The number of anilines is 1. The quantitative estimate of drug-likeness (QED) is 0.711. The van der Waals surface area contributed by atoms with Gasteiger partial charge in [-0.1, -0.05) is 12.1 Å². The van der Waals surface area contributed by atoms with E-state index in [2.05, 4.69) is 15.5 Å². The summed E-state index contributed by atoms with van der Waals surface area (Å²) in [6.45, 7) is 0.649. The minimum atomic E-state index is -0.329. The lowest BCUT2D eigenvalue weighted by Crippen LogP contribution is -2.21. The molecule has 7 heteroatoms. The number of rotatable bonds is 6. The van der Waals surface area contributed by atoms with Crippen molar-refractivity contribution < 1.29 is 13.9 Å². The van der Waals surface area contributed by atoms with E-state index in [4.69, 9.17) is 4.74 Å². The summed E-state index contributed by atoms with van der Waals surface area (Å²) in [7, 11) is 5.37. The van der Waals surface area contributed by atoms with Gasteiger partial charge in [-0.05, 0) is 32.3 Å². The molecule has 1 aromatic heterocycles. The molecule has 2 N–H and O–H groups in total. The van der Waals surface area contributed by atoms with Crippen molar-refractivity contribution in [3.8, 4) is 17.0 Å². The SMILES string of the molecule is COc1cc2[nH]nc(-c3cccc(F)c3)c2cc1NC(=O)CCN(C)C. The first-order valence-electron chi connectivity index (χ1n) is 8.24. The molecule has 1 heterocycles. The number of amides is 1. The maximum atomic E-state index is 13.6. The number of nitrogens with zero attached hydrogens (tertiary/aromatic N) is 2. The molecule has 0 bridgehead atoms. The molecule has 0 unspecified atom stereocenters. The molecule has 0 spiro atoms. The fourth-order valence-corrected chi connectivity index (χ4v) is 2.70. The molecule has 0 fully saturated rings. The number of fused-ring (bicyclic) bond motifs is 1. The average Bonchev–Trinajstić information content (AvgIpc) is 3.02. The molecule has 1 amide bonds. The van der Waals surface area contributed by atoms with Gasteiger partial charge in [0.1, 0.15) is 17.3 Å². The second kappa shape index (κ2) is 7.53. The highest BCUT2D eigenvalue weighted by Crippen LogP contribution is 2.34. The molecule has 0 aliphatic carbocycles. The summed E-state index contributed by atoms with van der Waals surface area (Å²) < 4.78 is 18.9. The number of aromatic amines is 1. The highest BCUT2D eigenvalue weighted by molar-refractivity contribution is 6.00. The smallest absolute Gasteiger partial charge is 0.225 e. The second-order valence-corrected chi connectivity index (χ2v) is 6.28. The van der Waals surface area contributed by atoms with Crippen LogP contribution in [0.2, 0.25) is 0 Å². The van der Waals surface area contributed by atoms with E-state index in [0.717, 1.165) is 10.9 Å². The monoisotopic (exact) mass is 356 g/mol. The number of H-pyrrole nitrogens is 1. The number of aromatic nitrogens is 2. The second-order valence-electron chi connectivity index (χ2n) is 6.28. The van der Waals surface area contributed by atoms with Gasteiger partial charge in [-0.25, -0.2) is 4.39 Å². The van der Waals surface area contributed by atoms with Crippen molar-refractivity contribution in [2.45, 2.75) is 6.42 Å². The van der Waals surface area contributed by atoms with E-state index in [1.54, 1.807) is 31.4 Å². The molecule has 6 nitrogen and oxygen atoms in total. The first-order valence-corrected chi connectivity index (χ1v) is 8.24. The summed E-state index contributed by atoms with van der Waals surface area (Å²) >= 11 is 0. The molecule has 2 aromatic carbocycles. The summed E-state index contributed by atoms with van der Waals surface area (Å²) in [6.07, 6.45) is 0.371. The van der Waals surface area contributed by atoms with Crippen LogP contribution in [0.25, 0.3) is 22.2 Å². The normalized spacial score (nSPS) is 11.1. The molecule has 3 aromatic rings. The number of methoxy groups -OCH3 is 1. The van der Waals surface area contributed by atoms with Crippen LogP contribution in [0.3, 0.4) is 0 Å². The number of ether oxygens (including phenoxy) is 1. The molecule has 0 saturated carbocycles. The number of halogens is 1. The highest BCUT2D eigenvalue weighted by atomic mass is 19.1. The zero-order valence-electron chi connectivity index (χ0n) is 15.0. The predicted octanol–water partition coefficient (Wildman–Crippen LogP) is 3.27. The Morgan fingerprint density at radius 1 is 1.31 bits per heavy atom. The maximum Gasteiger partial charge on any atom is 0.225 e. The summed E-state index contributed by atoms with van der Waals surface area (Å²) in [4.78, 5) is 14.1. The van der Waals surface area contributed by atoms with Gasteiger partial charge in [0.15, 0.2) is 0 Å². The molecule has 26 heavy (non-hydrogen) atoms. The van der Waals surface area contributed by atoms with Gasteiger partial charge in [-0.2, -0.15) is 5.10 Å². The van der Waals surface area contributed by atoms with E-state index >= 15 is 0 Å². The van der Waals surface area contributed by atoms with Crippen LogP contribution in [-0.2, 0) is 4.79 Å². The third-order valence-electron chi connectivity index (χ3n) is 4.04. The average molecular weight is 356 g/mol. The van der Waals surface area contributed by atoms with Crippen molar-refractivity contribution in [2.75, 3.05) is 33.1 Å². The van der Waals surface area contributed by atoms with Crippen LogP contribution < -0.4 is 10.1 Å². The molecule has 0 atom stereocenters. The zero-order chi connectivity index (χ0) is 18.7. The van der Waals surface area contributed by atoms with E-state index in [1.807, 2.05) is 19.0 Å². The Morgan fingerprint density at radius 3 is 2.81 bits per heavy atom. The van der Waals surface area contributed by atoms with Crippen LogP contribution in [0, 0.1) is 5.82 Å².